The maximum absolute atomic E-state index is 13.5. The van der Waals surface area contributed by atoms with E-state index in [4.69, 9.17) is 14.2 Å². The maximum atomic E-state index is 13.5. The van der Waals surface area contributed by atoms with Crippen LogP contribution in [0.4, 0.5) is 0 Å². The second-order valence-electron chi connectivity index (χ2n) is 8.51. The van der Waals surface area contributed by atoms with Crippen LogP contribution in [0.5, 0.6) is 11.5 Å². The number of aromatic nitrogens is 2. The molecule has 0 aliphatic carbocycles. The van der Waals surface area contributed by atoms with Gasteiger partial charge in [0.2, 0.25) is 20.9 Å². The Morgan fingerprint density at radius 1 is 1.06 bits per heavy atom. The van der Waals surface area contributed by atoms with Gasteiger partial charge in [-0.25, -0.2) is 13.4 Å². The Kier molecular flexibility index (Phi) is 6.81. The molecule has 0 N–H and O–H groups in total. The highest BCUT2D eigenvalue weighted by Gasteiger charge is 2.30. The first-order valence-corrected chi connectivity index (χ1v) is 12.7. The van der Waals surface area contributed by atoms with Crippen LogP contribution in [-0.4, -0.2) is 68.3 Å². The van der Waals surface area contributed by atoms with Crippen molar-refractivity contribution in [2.24, 2.45) is 0 Å². The zero-order valence-corrected chi connectivity index (χ0v) is 20.5. The van der Waals surface area contributed by atoms with Crippen LogP contribution in [0.25, 0.3) is 11.0 Å². The number of methoxy groups -OCH3 is 2. The zero-order valence-electron chi connectivity index (χ0n) is 19.7. The van der Waals surface area contributed by atoms with Gasteiger partial charge in [0.25, 0.3) is 0 Å². The molecule has 1 fully saturated rings. The number of sulfone groups is 1. The Morgan fingerprint density at radius 2 is 1.68 bits per heavy atom. The number of nitrogens with zero attached hydrogens (tertiary/aromatic N) is 3. The standard InChI is InChI=1S/C24H29N3O6S/c1-16-12-26(13-17(2)33-16)23(28)14-27-22-8-6-5-7-21(22)25-24(27)34(29,30)15-18-9-19(31-3)11-20(10-18)32-4/h5-11,16-17H,12-15H2,1-4H3/t16-,17-/m1/s1. The summed E-state index contributed by atoms with van der Waals surface area (Å²) in [5, 5.41) is -0.141. The van der Waals surface area contributed by atoms with E-state index in [9.17, 15) is 13.2 Å². The quantitative estimate of drug-likeness (QED) is 0.505. The number of rotatable bonds is 7. The van der Waals surface area contributed by atoms with Gasteiger partial charge < -0.3 is 23.7 Å². The average molecular weight is 488 g/mol. The molecule has 0 bridgehead atoms. The maximum Gasteiger partial charge on any atom is 0.242 e. The van der Waals surface area contributed by atoms with Gasteiger partial charge in [-0.05, 0) is 43.7 Å². The molecular weight excluding hydrogens is 458 g/mol. The van der Waals surface area contributed by atoms with Crippen LogP contribution in [0.15, 0.2) is 47.6 Å². The Morgan fingerprint density at radius 3 is 2.29 bits per heavy atom. The third-order valence-corrected chi connectivity index (χ3v) is 7.31. The van der Waals surface area contributed by atoms with Gasteiger partial charge in [-0.2, -0.15) is 0 Å². The molecule has 1 aliphatic heterocycles. The molecule has 4 rings (SSSR count). The number of imidazole rings is 1. The summed E-state index contributed by atoms with van der Waals surface area (Å²) < 4.78 is 44.8. The molecule has 1 aromatic heterocycles. The lowest BCUT2D eigenvalue weighted by Gasteiger charge is -2.35. The van der Waals surface area contributed by atoms with Crippen LogP contribution in [-0.2, 0) is 31.7 Å². The van der Waals surface area contributed by atoms with Crippen molar-refractivity contribution >= 4 is 26.8 Å². The molecule has 1 aliphatic rings. The molecule has 0 radical (unpaired) electrons. The van der Waals surface area contributed by atoms with E-state index in [0.717, 1.165) is 0 Å². The summed E-state index contributed by atoms with van der Waals surface area (Å²) in [4.78, 5) is 19.3. The number of hydrogen-bond acceptors (Lipinski definition) is 7. The number of amides is 1. The van der Waals surface area contributed by atoms with Crippen molar-refractivity contribution in [2.45, 2.75) is 43.5 Å². The van der Waals surface area contributed by atoms with E-state index in [-0.39, 0.29) is 35.6 Å². The summed E-state index contributed by atoms with van der Waals surface area (Å²) in [6.45, 7) is 4.63. The third-order valence-electron chi connectivity index (χ3n) is 5.73. The van der Waals surface area contributed by atoms with Crippen LogP contribution in [0.1, 0.15) is 19.4 Å². The first kappa shape index (κ1) is 24.0. The summed E-state index contributed by atoms with van der Waals surface area (Å²) in [5.41, 5.74) is 1.60. The number of para-hydroxylation sites is 2. The highest BCUT2D eigenvalue weighted by Crippen LogP contribution is 2.27. The first-order valence-electron chi connectivity index (χ1n) is 11.0. The van der Waals surface area contributed by atoms with Gasteiger partial charge in [-0.1, -0.05) is 12.1 Å². The van der Waals surface area contributed by atoms with E-state index in [1.807, 2.05) is 13.8 Å². The fourth-order valence-electron chi connectivity index (χ4n) is 4.29. The lowest BCUT2D eigenvalue weighted by molar-refractivity contribution is -0.143. The first-order chi connectivity index (χ1) is 16.2. The molecule has 0 saturated carbocycles. The number of carbonyl (C=O) groups excluding carboxylic acids is 1. The van der Waals surface area contributed by atoms with E-state index in [2.05, 4.69) is 4.98 Å². The van der Waals surface area contributed by atoms with Crippen LogP contribution in [0.2, 0.25) is 0 Å². The molecule has 182 valence electrons. The molecule has 10 heteroatoms. The van der Waals surface area contributed by atoms with E-state index in [1.54, 1.807) is 47.4 Å². The molecule has 9 nitrogen and oxygen atoms in total. The number of morpholine rings is 1. The predicted molar refractivity (Wildman–Crippen MR) is 127 cm³/mol. The number of benzene rings is 2. The predicted octanol–water partition coefficient (Wildman–Crippen LogP) is 2.66. The average Bonchev–Trinajstić information content (AvgIpc) is 3.17. The van der Waals surface area contributed by atoms with Crippen LogP contribution < -0.4 is 9.47 Å². The molecular formula is C24H29N3O6S. The molecule has 3 aromatic rings. The second kappa shape index (κ2) is 9.63. The molecule has 0 unspecified atom stereocenters. The molecule has 1 amide bonds. The number of carbonyl (C=O) groups is 1. The zero-order chi connectivity index (χ0) is 24.5. The topological polar surface area (TPSA) is 100.0 Å². The van der Waals surface area contributed by atoms with E-state index in [0.29, 0.717) is 41.2 Å². The normalized spacial score (nSPS) is 18.8. The van der Waals surface area contributed by atoms with Gasteiger partial charge in [0.1, 0.15) is 18.0 Å². The second-order valence-corrected chi connectivity index (χ2v) is 10.4. The minimum absolute atomic E-state index is 0.0847. The van der Waals surface area contributed by atoms with E-state index in [1.165, 1.54) is 18.8 Å². The van der Waals surface area contributed by atoms with Crippen molar-refractivity contribution < 1.29 is 27.4 Å². The number of fused-ring (bicyclic) bond motifs is 1. The van der Waals surface area contributed by atoms with Crippen molar-refractivity contribution in [3.05, 3.63) is 48.0 Å². The minimum Gasteiger partial charge on any atom is -0.497 e. The van der Waals surface area contributed by atoms with Crippen LogP contribution in [0, 0.1) is 0 Å². The largest absolute Gasteiger partial charge is 0.497 e. The fraction of sp³-hybridized carbons (Fsp3) is 0.417. The van der Waals surface area contributed by atoms with Gasteiger partial charge in [-0.15, -0.1) is 0 Å². The lowest BCUT2D eigenvalue weighted by Crippen LogP contribution is -2.49. The van der Waals surface area contributed by atoms with Crippen molar-refractivity contribution in [3.8, 4) is 11.5 Å². The van der Waals surface area contributed by atoms with E-state index >= 15 is 0 Å². The van der Waals surface area contributed by atoms with Crippen LogP contribution >= 0.6 is 0 Å². The Labute approximate surface area is 199 Å². The van der Waals surface area contributed by atoms with Gasteiger partial charge in [0, 0.05) is 19.2 Å². The highest BCUT2D eigenvalue weighted by atomic mass is 32.2. The van der Waals surface area contributed by atoms with E-state index < -0.39 is 9.84 Å². The highest BCUT2D eigenvalue weighted by molar-refractivity contribution is 7.90. The number of hydrogen-bond donors (Lipinski definition) is 0. The molecule has 2 atom stereocenters. The fourth-order valence-corrected chi connectivity index (χ4v) is 5.76. The Balaban J connectivity index is 1.70. The SMILES string of the molecule is COc1cc(CS(=O)(=O)c2nc3ccccc3n2CC(=O)N2C[C@@H](C)O[C@H](C)C2)cc(OC)c1. The number of ether oxygens (including phenoxy) is 3. The lowest BCUT2D eigenvalue weighted by atomic mass is 10.2. The van der Waals surface area contributed by atoms with Crippen LogP contribution in [0.3, 0.4) is 0 Å². The molecule has 34 heavy (non-hydrogen) atoms. The molecule has 0 spiro atoms. The van der Waals surface area contributed by atoms with Gasteiger partial charge in [0.15, 0.2) is 0 Å². The smallest absolute Gasteiger partial charge is 0.242 e. The molecule has 2 aromatic carbocycles. The van der Waals surface area contributed by atoms with Crippen molar-refractivity contribution in [1.82, 2.24) is 14.5 Å². The third kappa shape index (κ3) is 5.02. The summed E-state index contributed by atoms with van der Waals surface area (Å²) in [5.74, 6) is 0.487. The summed E-state index contributed by atoms with van der Waals surface area (Å²) in [6.07, 6.45) is -0.169. The minimum atomic E-state index is -3.91. The summed E-state index contributed by atoms with van der Waals surface area (Å²) in [6, 6.07) is 12.1. The Bertz CT molecular complexity index is 1270. The van der Waals surface area contributed by atoms with Gasteiger partial charge >= 0.3 is 0 Å². The van der Waals surface area contributed by atoms with Crippen molar-refractivity contribution in [2.75, 3.05) is 27.3 Å². The van der Waals surface area contributed by atoms with Gasteiger partial charge in [-0.3, -0.25) is 4.79 Å². The summed E-state index contributed by atoms with van der Waals surface area (Å²) >= 11 is 0. The monoisotopic (exact) mass is 487 g/mol. The van der Waals surface area contributed by atoms with Crippen molar-refractivity contribution in [3.63, 3.8) is 0 Å². The van der Waals surface area contributed by atoms with Crippen molar-refractivity contribution in [1.29, 1.82) is 0 Å². The molecule has 1 saturated heterocycles. The summed E-state index contributed by atoms with van der Waals surface area (Å²) in [7, 11) is -0.898. The molecule has 2 heterocycles. The Hall–Kier alpha value is -3.11. The van der Waals surface area contributed by atoms with Gasteiger partial charge in [0.05, 0.1) is 43.2 Å².